The summed E-state index contributed by atoms with van der Waals surface area (Å²) in [5.74, 6) is 0. The first-order valence-electron chi connectivity index (χ1n) is 2.48. The average molecular weight is 171 g/mol. The lowest BCUT2D eigenvalue weighted by Crippen LogP contribution is -2.15. The molecule has 0 bridgehead atoms. The Kier molecular flexibility index (Phi) is 19.3. The summed E-state index contributed by atoms with van der Waals surface area (Å²) in [4.78, 5) is 0. The van der Waals surface area contributed by atoms with Gasteiger partial charge in [-0.2, -0.15) is 0 Å². The number of hydrogen-bond acceptors (Lipinski definition) is 7. The second kappa shape index (κ2) is 12.5. The zero-order valence-electron chi connectivity index (χ0n) is 5.96. The van der Waals surface area contributed by atoms with Gasteiger partial charge in [0.05, 0.1) is 13.2 Å². The monoisotopic (exact) mass is 171 g/mol. The summed E-state index contributed by atoms with van der Waals surface area (Å²) >= 11 is 0. The molecule has 0 aliphatic carbocycles. The lowest BCUT2D eigenvalue weighted by Gasteiger charge is -1.96. The summed E-state index contributed by atoms with van der Waals surface area (Å²) in [5.41, 5.74) is 0. The number of aliphatic hydroxyl groups is 3. The zero-order chi connectivity index (χ0) is 8.57. The Morgan fingerprint density at radius 1 is 1.00 bits per heavy atom. The molecule has 0 spiro atoms. The van der Waals surface area contributed by atoms with Gasteiger partial charge in [0.1, 0.15) is 6.10 Å². The minimum absolute atomic E-state index is 0. The summed E-state index contributed by atoms with van der Waals surface area (Å²) in [5, 5.41) is 45.5. The van der Waals surface area contributed by atoms with Crippen molar-refractivity contribution in [2.24, 2.45) is 0 Å². The van der Waals surface area contributed by atoms with Crippen LogP contribution < -0.4 is 6.15 Å². The van der Waals surface area contributed by atoms with Crippen LogP contribution in [0.2, 0.25) is 0 Å². The highest BCUT2D eigenvalue weighted by Gasteiger charge is 1.93. The Morgan fingerprint density at radius 2 is 1.18 bits per heavy atom. The van der Waals surface area contributed by atoms with Gasteiger partial charge in [-0.3, -0.25) is 0 Å². The molecule has 0 amide bonds. The molecule has 0 saturated heterocycles. The molecule has 0 radical (unpaired) electrons. The Bertz CT molecular complexity index is 57.0. The molecule has 0 rings (SSSR count). The summed E-state index contributed by atoms with van der Waals surface area (Å²) in [6, 6.07) is 0. The highest BCUT2D eigenvalue weighted by molar-refractivity contribution is 6.30. The first-order chi connectivity index (χ1) is 4.54. The van der Waals surface area contributed by atoms with E-state index in [9.17, 15) is 0 Å². The minimum Gasteiger partial charge on any atom is -0.402 e. The van der Waals surface area contributed by atoms with Gasteiger partial charge in [0.25, 0.3) is 0 Å². The lowest BCUT2D eigenvalue weighted by atomic mass is 10.3. The van der Waals surface area contributed by atoms with Gasteiger partial charge in [0.15, 0.2) is 0 Å². The molecule has 0 unspecified atom stereocenters. The second-order valence-electron chi connectivity index (χ2n) is 1.37. The lowest BCUT2D eigenvalue weighted by molar-refractivity contribution is 0.0450. The van der Waals surface area contributed by atoms with Gasteiger partial charge in [-0.1, -0.05) is 0 Å². The fraction of sp³-hybridized carbons (Fsp3) is 1.00. The van der Waals surface area contributed by atoms with Crippen LogP contribution in [-0.4, -0.2) is 57.0 Å². The maximum absolute atomic E-state index is 8.17. The van der Waals surface area contributed by atoms with Gasteiger partial charge in [-0.15, -0.1) is 0 Å². The first kappa shape index (κ1) is 17.0. The fourth-order valence-electron chi connectivity index (χ4n) is 0.0577. The molecular formula is C3H14BNO6. The standard InChI is InChI=1S/C3H8O3.BH3O3.H3N/c4-1-3(6)2-5;2-1(3)4;/h3-6H,1-2H2;2-4H;1H3. The van der Waals surface area contributed by atoms with Gasteiger partial charge in [0, 0.05) is 0 Å². The topological polar surface area (TPSA) is 156 Å². The van der Waals surface area contributed by atoms with E-state index < -0.39 is 13.4 Å². The van der Waals surface area contributed by atoms with Crippen molar-refractivity contribution in [2.75, 3.05) is 13.2 Å². The van der Waals surface area contributed by atoms with E-state index in [0.717, 1.165) is 0 Å². The quantitative estimate of drug-likeness (QED) is 0.212. The van der Waals surface area contributed by atoms with Crippen LogP contribution in [0.15, 0.2) is 0 Å². The van der Waals surface area contributed by atoms with E-state index in [2.05, 4.69) is 0 Å². The van der Waals surface area contributed by atoms with E-state index in [1.807, 2.05) is 0 Å². The third kappa shape index (κ3) is 41.4. The first-order valence-corrected chi connectivity index (χ1v) is 2.48. The Balaban J connectivity index is -0.000000114. The highest BCUT2D eigenvalue weighted by atomic mass is 16.5. The highest BCUT2D eigenvalue weighted by Crippen LogP contribution is 1.71. The van der Waals surface area contributed by atoms with Gasteiger partial charge >= 0.3 is 7.32 Å². The third-order valence-electron chi connectivity index (χ3n) is 0.421. The van der Waals surface area contributed by atoms with Crippen LogP contribution in [0.3, 0.4) is 0 Å². The van der Waals surface area contributed by atoms with Crippen LogP contribution >= 0.6 is 0 Å². The van der Waals surface area contributed by atoms with E-state index in [0.29, 0.717) is 0 Å². The van der Waals surface area contributed by atoms with Crippen molar-refractivity contribution < 1.29 is 30.4 Å². The van der Waals surface area contributed by atoms with E-state index in [1.54, 1.807) is 0 Å². The van der Waals surface area contributed by atoms with Crippen LogP contribution in [0.4, 0.5) is 0 Å². The van der Waals surface area contributed by atoms with E-state index in [-0.39, 0.29) is 19.4 Å². The molecule has 0 atom stereocenters. The summed E-state index contributed by atoms with van der Waals surface area (Å²) in [6.07, 6.45) is -0.954. The summed E-state index contributed by atoms with van der Waals surface area (Å²) < 4.78 is 0. The normalized spacial score (nSPS) is 7.91. The summed E-state index contributed by atoms with van der Waals surface area (Å²) in [7, 11) is -2.17. The van der Waals surface area contributed by atoms with Gasteiger partial charge in [0.2, 0.25) is 0 Å². The van der Waals surface area contributed by atoms with Gasteiger partial charge in [-0.05, 0) is 0 Å². The largest absolute Gasteiger partial charge is 0.631 e. The van der Waals surface area contributed by atoms with E-state index >= 15 is 0 Å². The molecule has 0 aromatic rings. The van der Waals surface area contributed by atoms with Crippen LogP contribution in [0.5, 0.6) is 0 Å². The van der Waals surface area contributed by atoms with Crippen molar-refractivity contribution in [1.29, 1.82) is 0 Å². The van der Waals surface area contributed by atoms with Crippen molar-refractivity contribution >= 4 is 7.32 Å². The number of rotatable bonds is 2. The minimum atomic E-state index is -2.17. The molecule has 8 heteroatoms. The Labute approximate surface area is 64.3 Å². The molecule has 0 saturated carbocycles. The van der Waals surface area contributed by atoms with Crippen molar-refractivity contribution in [1.82, 2.24) is 6.15 Å². The molecule has 0 aromatic carbocycles. The van der Waals surface area contributed by atoms with Crippen molar-refractivity contribution in [2.45, 2.75) is 6.10 Å². The molecule has 0 aromatic heterocycles. The average Bonchev–Trinajstić information content (AvgIpc) is 1.85. The maximum atomic E-state index is 8.17. The molecule has 0 heterocycles. The molecule has 9 N–H and O–H groups in total. The Hall–Kier alpha value is -0.215. The predicted octanol–water partition coefficient (Wildman–Crippen LogP) is -3.56. The fourth-order valence-corrected chi connectivity index (χ4v) is 0.0577. The zero-order valence-corrected chi connectivity index (χ0v) is 5.96. The van der Waals surface area contributed by atoms with Crippen LogP contribution in [0.25, 0.3) is 0 Å². The van der Waals surface area contributed by atoms with Crippen LogP contribution in [0, 0.1) is 0 Å². The molecule has 11 heavy (non-hydrogen) atoms. The van der Waals surface area contributed by atoms with Crippen LogP contribution in [-0.2, 0) is 0 Å². The van der Waals surface area contributed by atoms with Crippen molar-refractivity contribution in [3.05, 3.63) is 0 Å². The van der Waals surface area contributed by atoms with E-state index in [4.69, 9.17) is 30.4 Å². The molecule has 0 aliphatic rings. The summed E-state index contributed by atoms with van der Waals surface area (Å²) in [6.45, 7) is -0.729. The SMILES string of the molecule is N.OB(O)O.OCC(O)CO. The molecule has 7 nitrogen and oxygen atoms in total. The third-order valence-corrected chi connectivity index (χ3v) is 0.421. The predicted molar refractivity (Wildman–Crippen MR) is 37.6 cm³/mol. The molecule has 70 valence electrons. The number of aliphatic hydroxyl groups excluding tert-OH is 3. The number of hydrogen-bond donors (Lipinski definition) is 7. The van der Waals surface area contributed by atoms with Crippen molar-refractivity contribution in [3.63, 3.8) is 0 Å². The van der Waals surface area contributed by atoms with Crippen molar-refractivity contribution in [3.8, 4) is 0 Å². The van der Waals surface area contributed by atoms with Crippen LogP contribution in [0.1, 0.15) is 0 Å². The molecule has 0 aliphatic heterocycles. The molecular weight excluding hydrogens is 157 g/mol. The smallest absolute Gasteiger partial charge is 0.402 e. The maximum Gasteiger partial charge on any atom is 0.631 e. The second-order valence-corrected chi connectivity index (χ2v) is 1.37. The molecule has 0 fully saturated rings. The Morgan fingerprint density at radius 3 is 1.18 bits per heavy atom. The van der Waals surface area contributed by atoms with E-state index in [1.165, 1.54) is 0 Å². The van der Waals surface area contributed by atoms with Gasteiger partial charge in [-0.25, -0.2) is 0 Å². The van der Waals surface area contributed by atoms with Gasteiger partial charge < -0.3 is 36.5 Å².